The van der Waals surface area contributed by atoms with Gasteiger partial charge in [0.2, 0.25) is 0 Å². The molecular formula is C20H19Cl2NO2S. The third-order valence-electron chi connectivity index (χ3n) is 3.81. The number of halogens is 2. The third kappa shape index (κ3) is 5.15. The zero-order valence-electron chi connectivity index (χ0n) is 14.3. The van der Waals surface area contributed by atoms with Crippen LogP contribution in [0.25, 0.3) is 0 Å². The lowest BCUT2D eigenvalue weighted by molar-refractivity contribution is 0.284. The molecule has 1 N–H and O–H groups in total. The summed E-state index contributed by atoms with van der Waals surface area (Å²) in [5.41, 5.74) is 1.95. The third-order valence-corrected chi connectivity index (χ3v) is 5.27. The molecule has 136 valence electrons. The van der Waals surface area contributed by atoms with Gasteiger partial charge in [-0.05, 0) is 40.8 Å². The molecule has 3 rings (SSSR count). The van der Waals surface area contributed by atoms with Gasteiger partial charge in [0.15, 0.2) is 11.5 Å². The summed E-state index contributed by atoms with van der Waals surface area (Å²) in [6.45, 7) is 1.86. The summed E-state index contributed by atoms with van der Waals surface area (Å²) in [7, 11) is 1.62. The minimum Gasteiger partial charge on any atom is -0.493 e. The van der Waals surface area contributed by atoms with Crippen LogP contribution < -0.4 is 14.8 Å². The van der Waals surface area contributed by atoms with Gasteiger partial charge in [-0.1, -0.05) is 41.4 Å². The smallest absolute Gasteiger partial charge is 0.163 e. The zero-order chi connectivity index (χ0) is 18.4. The highest BCUT2D eigenvalue weighted by Gasteiger charge is 2.11. The van der Waals surface area contributed by atoms with Crippen molar-refractivity contribution in [1.29, 1.82) is 0 Å². The molecule has 0 fully saturated rings. The molecule has 0 radical (unpaired) electrons. The van der Waals surface area contributed by atoms with Gasteiger partial charge in [0, 0.05) is 34.1 Å². The van der Waals surface area contributed by atoms with Gasteiger partial charge in [-0.2, -0.15) is 0 Å². The number of nitrogens with one attached hydrogen (secondary N) is 1. The van der Waals surface area contributed by atoms with E-state index in [1.807, 2.05) is 36.4 Å². The molecule has 0 aliphatic heterocycles. The predicted molar refractivity (Wildman–Crippen MR) is 109 cm³/mol. The van der Waals surface area contributed by atoms with E-state index < -0.39 is 0 Å². The van der Waals surface area contributed by atoms with E-state index in [2.05, 4.69) is 16.8 Å². The van der Waals surface area contributed by atoms with E-state index in [1.54, 1.807) is 24.5 Å². The summed E-state index contributed by atoms with van der Waals surface area (Å²) >= 11 is 14.2. The van der Waals surface area contributed by atoms with Crippen LogP contribution >= 0.6 is 34.5 Å². The van der Waals surface area contributed by atoms with Crippen molar-refractivity contribution in [1.82, 2.24) is 5.32 Å². The Morgan fingerprint density at radius 3 is 2.62 bits per heavy atom. The van der Waals surface area contributed by atoms with Gasteiger partial charge in [0.1, 0.15) is 6.61 Å². The Hall–Kier alpha value is -1.72. The molecular weight excluding hydrogens is 389 g/mol. The van der Waals surface area contributed by atoms with E-state index in [0.717, 1.165) is 17.7 Å². The van der Waals surface area contributed by atoms with Gasteiger partial charge in [-0.3, -0.25) is 0 Å². The fraction of sp³-hybridized carbons (Fsp3) is 0.200. The van der Waals surface area contributed by atoms with Crippen LogP contribution in [0, 0.1) is 0 Å². The van der Waals surface area contributed by atoms with Gasteiger partial charge in [0.25, 0.3) is 0 Å². The van der Waals surface area contributed by atoms with Gasteiger partial charge in [0.05, 0.1) is 7.11 Å². The Bertz CT molecular complexity index is 853. The van der Waals surface area contributed by atoms with E-state index in [0.29, 0.717) is 34.7 Å². The van der Waals surface area contributed by atoms with E-state index >= 15 is 0 Å². The first-order chi connectivity index (χ1) is 12.7. The van der Waals surface area contributed by atoms with Crippen molar-refractivity contribution in [2.75, 3.05) is 7.11 Å². The second kappa shape index (κ2) is 9.28. The SMILES string of the molecule is COc1cc(CNCc2cccs2)c(Cl)cc1OCc1cccc(Cl)c1. The van der Waals surface area contributed by atoms with Gasteiger partial charge >= 0.3 is 0 Å². The van der Waals surface area contributed by atoms with Crippen LogP contribution in [0.1, 0.15) is 16.0 Å². The number of benzene rings is 2. The Morgan fingerprint density at radius 2 is 1.88 bits per heavy atom. The average Bonchev–Trinajstić information content (AvgIpc) is 3.15. The van der Waals surface area contributed by atoms with Gasteiger partial charge < -0.3 is 14.8 Å². The number of hydrogen-bond acceptors (Lipinski definition) is 4. The lowest BCUT2D eigenvalue weighted by Gasteiger charge is -2.14. The van der Waals surface area contributed by atoms with Crippen molar-refractivity contribution in [3.05, 3.63) is 80.0 Å². The lowest BCUT2D eigenvalue weighted by atomic mass is 10.2. The van der Waals surface area contributed by atoms with Crippen LogP contribution in [-0.2, 0) is 19.7 Å². The van der Waals surface area contributed by atoms with Crippen LogP contribution in [0.5, 0.6) is 11.5 Å². The molecule has 3 aromatic rings. The van der Waals surface area contributed by atoms with Crippen LogP contribution in [0.15, 0.2) is 53.9 Å². The van der Waals surface area contributed by atoms with Crippen molar-refractivity contribution in [3.8, 4) is 11.5 Å². The molecule has 2 aromatic carbocycles. The zero-order valence-corrected chi connectivity index (χ0v) is 16.6. The standard InChI is InChI=1S/C20H19Cl2NO2S/c1-24-19-9-15(11-23-12-17-6-3-7-26-17)18(22)10-20(19)25-13-14-4-2-5-16(21)8-14/h2-10,23H,11-13H2,1H3. The number of methoxy groups -OCH3 is 1. The molecule has 0 aliphatic carbocycles. The molecule has 26 heavy (non-hydrogen) atoms. The topological polar surface area (TPSA) is 30.5 Å². The highest BCUT2D eigenvalue weighted by molar-refractivity contribution is 7.09. The number of ether oxygens (including phenoxy) is 2. The molecule has 3 nitrogen and oxygen atoms in total. The summed E-state index contributed by atoms with van der Waals surface area (Å²) in [6, 6.07) is 15.4. The molecule has 0 unspecified atom stereocenters. The molecule has 0 atom stereocenters. The maximum absolute atomic E-state index is 6.43. The van der Waals surface area contributed by atoms with Crippen molar-refractivity contribution in [2.45, 2.75) is 19.7 Å². The van der Waals surface area contributed by atoms with Crippen molar-refractivity contribution in [2.24, 2.45) is 0 Å². The first-order valence-electron chi connectivity index (χ1n) is 8.12. The number of hydrogen-bond donors (Lipinski definition) is 1. The Morgan fingerprint density at radius 1 is 1.00 bits per heavy atom. The summed E-state index contributed by atoms with van der Waals surface area (Å²) in [6.07, 6.45) is 0. The van der Waals surface area contributed by atoms with Crippen LogP contribution in [0.2, 0.25) is 10.0 Å². The second-order valence-electron chi connectivity index (χ2n) is 5.70. The fourth-order valence-corrected chi connectivity index (χ4v) is 3.61. The summed E-state index contributed by atoms with van der Waals surface area (Å²) < 4.78 is 11.4. The molecule has 1 heterocycles. The largest absolute Gasteiger partial charge is 0.493 e. The predicted octanol–water partition coefficient (Wildman–Crippen LogP) is 5.93. The van der Waals surface area contributed by atoms with Crippen molar-refractivity contribution >= 4 is 34.5 Å². The first kappa shape index (κ1) is 19.1. The summed E-state index contributed by atoms with van der Waals surface area (Å²) in [4.78, 5) is 1.29. The van der Waals surface area contributed by atoms with Crippen LogP contribution in [0.4, 0.5) is 0 Å². The molecule has 0 spiro atoms. The first-order valence-corrected chi connectivity index (χ1v) is 9.76. The normalized spacial score (nSPS) is 10.7. The quantitative estimate of drug-likeness (QED) is 0.501. The highest BCUT2D eigenvalue weighted by Crippen LogP contribution is 2.34. The maximum Gasteiger partial charge on any atom is 0.163 e. The molecule has 1 aromatic heterocycles. The van der Waals surface area contributed by atoms with Gasteiger partial charge in [-0.15, -0.1) is 11.3 Å². The number of rotatable bonds is 8. The van der Waals surface area contributed by atoms with E-state index in [1.165, 1.54) is 4.88 Å². The van der Waals surface area contributed by atoms with Crippen molar-refractivity contribution in [3.63, 3.8) is 0 Å². The van der Waals surface area contributed by atoms with E-state index in [9.17, 15) is 0 Å². The maximum atomic E-state index is 6.43. The summed E-state index contributed by atoms with van der Waals surface area (Å²) in [5, 5.41) is 6.79. The molecule has 6 heteroatoms. The van der Waals surface area contributed by atoms with Gasteiger partial charge in [-0.25, -0.2) is 0 Å². The fourth-order valence-electron chi connectivity index (χ4n) is 2.51. The Balaban J connectivity index is 1.66. The monoisotopic (exact) mass is 407 g/mol. The van der Waals surface area contributed by atoms with E-state index in [-0.39, 0.29) is 0 Å². The molecule has 0 saturated carbocycles. The Labute approximate surface area is 167 Å². The van der Waals surface area contributed by atoms with Crippen molar-refractivity contribution < 1.29 is 9.47 Å². The van der Waals surface area contributed by atoms with Crippen LogP contribution in [0.3, 0.4) is 0 Å². The molecule has 0 bridgehead atoms. The number of thiophene rings is 1. The highest BCUT2D eigenvalue weighted by atomic mass is 35.5. The van der Waals surface area contributed by atoms with E-state index in [4.69, 9.17) is 32.7 Å². The Kier molecular flexibility index (Phi) is 6.80. The van der Waals surface area contributed by atoms with Crippen LogP contribution in [-0.4, -0.2) is 7.11 Å². The minimum absolute atomic E-state index is 0.392. The second-order valence-corrected chi connectivity index (χ2v) is 7.57. The molecule has 0 amide bonds. The average molecular weight is 408 g/mol. The minimum atomic E-state index is 0.392. The lowest BCUT2D eigenvalue weighted by Crippen LogP contribution is -2.12. The summed E-state index contributed by atoms with van der Waals surface area (Å²) in [5.74, 6) is 1.27. The molecule has 0 aliphatic rings. The molecule has 0 saturated heterocycles.